The van der Waals surface area contributed by atoms with Crippen molar-refractivity contribution in [1.29, 1.82) is 0 Å². The van der Waals surface area contributed by atoms with Gasteiger partial charge in [-0.1, -0.05) is 30.3 Å². The Morgan fingerprint density at radius 1 is 1.07 bits per heavy atom. The van der Waals surface area contributed by atoms with Crippen molar-refractivity contribution in [2.75, 3.05) is 13.1 Å². The first-order valence-corrected chi connectivity index (χ1v) is 9.05. The molecule has 0 unspecified atom stereocenters. The van der Waals surface area contributed by atoms with Gasteiger partial charge in [-0.05, 0) is 18.9 Å². The third-order valence-electron chi connectivity index (χ3n) is 4.94. The molecule has 1 fully saturated rings. The average molecular weight is 363 g/mol. The van der Waals surface area contributed by atoms with Crippen molar-refractivity contribution in [2.24, 2.45) is 7.05 Å². The second-order valence-corrected chi connectivity index (χ2v) is 6.79. The largest absolute Gasteiger partial charge is 0.338 e. The smallest absolute Gasteiger partial charge is 0.267 e. The highest BCUT2D eigenvalue weighted by atomic mass is 16.2. The fraction of sp³-hybridized carbons (Fsp3) is 0.300. The van der Waals surface area contributed by atoms with Crippen LogP contribution < -0.4 is 5.56 Å². The first-order valence-electron chi connectivity index (χ1n) is 9.05. The maximum Gasteiger partial charge on any atom is 0.267 e. The van der Waals surface area contributed by atoms with Crippen LogP contribution in [0.5, 0.6) is 0 Å². The number of hydrogen-bond acceptors (Lipinski definition) is 4. The van der Waals surface area contributed by atoms with E-state index in [2.05, 4.69) is 10.2 Å². The van der Waals surface area contributed by atoms with Gasteiger partial charge in [-0.2, -0.15) is 10.2 Å². The third-order valence-corrected chi connectivity index (χ3v) is 4.94. The first-order chi connectivity index (χ1) is 13.1. The minimum Gasteiger partial charge on any atom is -0.338 e. The fourth-order valence-corrected chi connectivity index (χ4v) is 3.48. The van der Waals surface area contributed by atoms with Crippen molar-refractivity contribution in [3.05, 3.63) is 70.8 Å². The van der Waals surface area contributed by atoms with Gasteiger partial charge < -0.3 is 4.90 Å². The summed E-state index contributed by atoms with van der Waals surface area (Å²) in [4.78, 5) is 26.7. The van der Waals surface area contributed by atoms with Gasteiger partial charge in [0.05, 0.1) is 23.5 Å². The molecule has 4 rings (SSSR count). The topological polar surface area (TPSA) is 73.0 Å². The highest BCUT2D eigenvalue weighted by Gasteiger charge is 2.26. The van der Waals surface area contributed by atoms with Gasteiger partial charge in [-0.25, -0.2) is 4.68 Å². The Hall–Kier alpha value is -3.22. The van der Waals surface area contributed by atoms with E-state index in [-0.39, 0.29) is 17.5 Å². The second kappa shape index (κ2) is 7.19. The molecule has 0 atom stereocenters. The predicted molar refractivity (Wildman–Crippen MR) is 101 cm³/mol. The molecule has 1 amide bonds. The van der Waals surface area contributed by atoms with Crippen molar-refractivity contribution >= 4 is 5.91 Å². The zero-order valence-electron chi connectivity index (χ0n) is 15.2. The molecule has 1 saturated heterocycles. The molecule has 3 aromatic rings. The number of carbonyl (C=O) groups excluding carboxylic acids is 1. The number of nitrogens with zero attached hydrogens (tertiary/aromatic N) is 5. The number of amides is 1. The van der Waals surface area contributed by atoms with E-state index in [4.69, 9.17) is 0 Å². The van der Waals surface area contributed by atoms with Crippen molar-refractivity contribution in [3.8, 4) is 11.3 Å². The van der Waals surface area contributed by atoms with Gasteiger partial charge in [0.1, 0.15) is 0 Å². The molecule has 1 aliphatic rings. The molecule has 7 nitrogen and oxygen atoms in total. The summed E-state index contributed by atoms with van der Waals surface area (Å²) < 4.78 is 3.20. The van der Waals surface area contributed by atoms with Crippen LogP contribution in [0, 0.1) is 0 Å². The Bertz CT molecular complexity index is 1000. The van der Waals surface area contributed by atoms with Crippen molar-refractivity contribution in [2.45, 2.75) is 18.9 Å². The van der Waals surface area contributed by atoms with Crippen LogP contribution in [0.2, 0.25) is 0 Å². The minimum absolute atomic E-state index is 0.000824. The number of hydrogen-bond donors (Lipinski definition) is 0. The van der Waals surface area contributed by atoms with Crippen LogP contribution in [-0.4, -0.2) is 43.5 Å². The summed E-state index contributed by atoms with van der Waals surface area (Å²) in [6.07, 6.45) is 4.72. The molecule has 27 heavy (non-hydrogen) atoms. The predicted octanol–water partition coefficient (Wildman–Crippen LogP) is 2.12. The van der Waals surface area contributed by atoms with E-state index >= 15 is 0 Å². The normalized spacial score (nSPS) is 15.1. The van der Waals surface area contributed by atoms with Crippen molar-refractivity contribution < 1.29 is 4.79 Å². The van der Waals surface area contributed by atoms with E-state index in [0.29, 0.717) is 31.5 Å². The van der Waals surface area contributed by atoms with Crippen LogP contribution in [0.3, 0.4) is 0 Å². The van der Waals surface area contributed by atoms with Crippen LogP contribution in [0.4, 0.5) is 0 Å². The lowest BCUT2D eigenvalue weighted by atomic mass is 10.0. The van der Waals surface area contributed by atoms with E-state index in [9.17, 15) is 9.59 Å². The zero-order chi connectivity index (χ0) is 18.8. The van der Waals surface area contributed by atoms with E-state index in [0.717, 1.165) is 11.3 Å². The van der Waals surface area contributed by atoms with Crippen LogP contribution in [-0.2, 0) is 7.05 Å². The molecule has 1 aliphatic heterocycles. The maximum absolute atomic E-state index is 12.6. The molecule has 0 radical (unpaired) electrons. The Kier molecular flexibility index (Phi) is 4.58. The molecule has 7 heteroatoms. The van der Waals surface area contributed by atoms with Gasteiger partial charge in [0.25, 0.3) is 11.5 Å². The monoisotopic (exact) mass is 363 g/mol. The minimum atomic E-state index is -0.105. The Labute approximate surface area is 156 Å². The van der Waals surface area contributed by atoms with Crippen LogP contribution in [0.25, 0.3) is 11.3 Å². The van der Waals surface area contributed by atoms with E-state index in [1.165, 1.54) is 0 Å². The zero-order valence-corrected chi connectivity index (χ0v) is 15.2. The highest BCUT2D eigenvalue weighted by molar-refractivity contribution is 5.93. The van der Waals surface area contributed by atoms with Gasteiger partial charge in [0.15, 0.2) is 0 Å². The SMILES string of the molecule is Cn1cc(C(=O)N2CCC(n3nc(-c4ccccc4)ccc3=O)CC2)cn1. The molecule has 3 heterocycles. The number of aryl methyl sites for hydroxylation is 1. The summed E-state index contributed by atoms with van der Waals surface area (Å²) in [5, 5.41) is 8.64. The van der Waals surface area contributed by atoms with E-state index in [1.807, 2.05) is 35.2 Å². The highest BCUT2D eigenvalue weighted by Crippen LogP contribution is 2.23. The van der Waals surface area contributed by atoms with Crippen LogP contribution in [0.15, 0.2) is 59.7 Å². The molecule has 0 spiro atoms. The number of likely N-dealkylation sites (tertiary alicyclic amines) is 1. The Morgan fingerprint density at radius 3 is 2.48 bits per heavy atom. The maximum atomic E-state index is 12.6. The van der Waals surface area contributed by atoms with Crippen LogP contribution >= 0.6 is 0 Å². The van der Waals surface area contributed by atoms with Crippen molar-refractivity contribution in [3.63, 3.8) is 0 Å². The molecule has 1 aromatic carbocycles. The molecule has 0 aliphatic carbocycles. The quantitative estimate of drug-likeness (QED) is 0.714. The fourth-order valence-electron chi connectivity index (χ4n) is 3.48. The van der Waals surface area contributed by atoms with Gasteiger partial charge in [0.2, 0.25) is 0 Å². The van der Waals surface area contributed by atoms with E-state index in [1.54, 1.807) is 40.9 Å². The lowest BCUT2D eigenvalue weighted by Gasteiger charge is -2.32. The molecule has 2 aromatic heterocycles. The summed E-state index contributed by atoms with van der Waals surface area (Å²) in [6, 6.07) is 13.1. The van der Waals surface area contributed by atoms with Gasteiger partial charge in [0, 0.05) is 38.0 Å². The standard InChI is InChI=1S/C20H21N5O2/c1-23-14-16(13-21-23)20(27)24-11-9-17(10-12-24)25-19(26)8-7-18(22-25)15-5-3-2-4-6-15/h2-8,13-14,17H,9-12H2,1H3. The van der Waals surface area contributed by atoms with Gasteiger partial charge in [-0.15, -0.1) is 0 Å². The third kappa shape index (κ3) is 3.53. The molecule has 0 N–H and O–H groups in total. The summed E-state index contributed by atoms with van der Waals surface area (Å²) >= 11 is 0. The average Bonchev–Trinajstić information content (AvgIpc) is 3.15. The molecule has 0 bridgehead atoms. The summed E-state index contributed by atoms with van der Waals surface area (Å²) in [5.74, 6) is -0.0140. The number of carbonyl (C=O) groups is 1. The number of piperidine rings is 1. The molecule has 0 saturated carbocycles. The van der Waals surface area contributed by atoms with Crippen molar-refractivity contribution in [1.82, 2.24) is 24.5 Å². The van der Waals surface area contributed by atoms with Gasteiger partial charge >= 0.3 is 0 Å². The second-order valence-electron chi connectivity index (χ2n) is 6.79. The first kappa shape index (κ1) is 17.2. The lowest BCUT2D eigenvalue weighted by molar-refractivity contribution is 0.0688. The Morgan fingerprint density at radius 2 is 1.81 bits per heavy atom. The summed E-state index contributed by atoms with van der Waals surface area (Å²) in [6.45, 7) is 1.20. The Balaban J connectivity index is 1.50. The molecule has 138 valence electrons. The molecular weight excluding hydrogens is 342 g/mol. The van der Waals surface area contributed by atoms with E-state index < -0.39 is 0 Å². The number of aromatic nitrogens is 4. The number of benzene rings is 1. The van der Waals surface area contributed by atoms with Crippen LogP contribution in [0.1, 0.15) is 29.2 Å². The summed E-state index contributed by atoms with van der Waals surface area (Å²) in [7, 11) is 1.79. The molecular formula is C20H21N5O2. The number of rotatable bonds is 3. The lowest BCUT2D eigenvalue weighted by Crippen LogP contribution is -2.41. The summed E-state index contributed by atoms with van der Waals surface area (Å²) in [5.41, 5.74) is 2.25. The van der Waals surface area contributed by atoms with Gasteiger partial charge in [-0.3, -0.25) is 14.3 Å².